The van der Waals surface area contributed by atoms with Crippen molar-refractivity contribution in [1.82, 2.24) is 25.1 Å². The van der Waals surface area contributed by atoms with Crippen molar-refractivity contribution in [2.24, 2.45) is 7.05 Å². The standard InChI is InChI=1S/C14H21N5/c1-9-14(10(2)19(3)18-9)12-8-16-13(17-12)7-11-5-4-6-15-11/h8,11,15H,4-7H2,1-3H3,(H,16,17). The monoisotopic (exact) mass is 259 g/mol. The molecule has 0 spiro atoms. The Hall–Kier alpha value is -1.62. The smallest absolute Gasteiger partial charge is 0.108 e. The van der Waals surface area contributed by atoms with E-state index >= 15 is 0 Å². The molecule has 1 unspecified atom stereocenters. The van der Waals surface area contributed by atoms with Gasteiger partial charge in [0.2, 0.25) is 0 Å². The van der Waals surface area contributed by atoms with Gasteiger partial charge in [-0.3, -0.25) is 4.68 Å². The highest BCUT2D eigenvalue weighted by atomic mass is 15.3. The van der Waals surface area contributed by atoms with Crippen LogP contribution in [-0.2, 0) is 13.5 Å². The van der Waals surface area contributed by atoms with Crippen LogP contribution in [0.1, 0.15) is 30.1 Å². The molecule has 5 heteroatoms. The molecular weight excluding hydrogens is 238 g/mol. The van der Waals surface area contributed by atoms with E-state index in [0.717, 1.165) is 30.2 Å². The summed E-state index contributed by atoms with van der Waals surface area (Å²) in [4.78, 5) is 7.96. The van der Waals surface area contributed by atoms with Crippen molar-refractivity contribution in [3.63, 3.8) is 0 Å². The molecule has 19 heavy (non-hydrogen) atoms. The summed E-state index contributed by atoms with van der Waals surface area (Å²) in [6.07, 6.45) is 5.44. The summed E-state index contributed by atoms with van der Waals surface area (Å²) in [5, 5.41) is 7.96. The maximum Gasteiger partial charge on any atom is 0.108 e. The van der Waals surface area contributed by atoms with E-state index in [9.17, 15) is 0 Å². The summed E-state index contributed by atoms with van der Waals surface area (Å²) < 4.78 is 1.92. The Balaban J connectivity index is 1.84. The first-order valence-corrected chi connectivity index (χ1v) is 6.93. The number of aryl methyl sites for hydroxylation is 2. The molecule has 0 aromatic carbocycles. The summed E-state index contributed by atoms with van der Waals surface area (Å²) in [5.41, 5.74) is 4.48. The van der Waals surface area contributed by atoms with Crippen LogP contribution in [0.4, 0.5) is 0 Å². The molecule has 1 fully saturated rings. The van der Waals surface area contributed by atoms with Gasteiger partial charge in [0.05, 0.1) is 17.6 Å². The normalized spacial score (nSPS) is 19.2. The van der Waals surface area contributed by atoms with Crippen molar-refractivity contribution >= 4 is 0 Å². The number of hydrogen-bond donors (Lipinski definition) is 2. The van der Waals surface area contributed by atoms with Gasteiger partial charge in [0, 0.05) is 30.8 Å². The Bertz CT molecular complexity index is 575. The highest BCUT2D eigenvalue weighted by Crippen LogP contribution is 2.25. The Morgan fingerprint density at radius 3 is 2.89 bits per heavy atom. The molecule has 2 aromatic rings. The second-order valence-electron chi connectivity index (χ2n) is 5.41. The van der Waals surface area contributed by atoms with E-state index in [-0.39, 0.29) is 0 Å². The fourth-order valence-corrected chi connectivity index (χ4v) is 2.92. The van der Waals surface area contributed by atoms with Gasteiger partial charge in [-0.25, -0.2) is 4.98 Å². The largest absolute Gasteiger partial charge is 0.342 e. The zero-order valence-corrected chi connectivity index (χ0v) is 11.8. The van der Waals surface area contributed by atoms with Crippen LogP contribution >= 0.6 is 0 Å². The van der Waals surface area contributed by atoms with Crippen molar-refractivity contribution < 1.29 is 0 Å². The van der Waals surface area contributed by atoms with Gasteiger partial charge in [-0.1, -0.05) is 0 Å². The summed E-state index contributed by atoms with van der Waals surface area (Å²) in [7, 11) is 1.98. The Morgan fingerprint density at radius 1 is 1.42 bits per heavy atom. The van der Waals surface area contributed by atoms with Gasteiger partial charge >= 0.3 is 0 Å². The van der Waals surface area contributed by atoms with Crippen LogP contribution in [0.15, 0.2) is 6.20 Å². The second kappa shape index (κ2) is 4.81. The molecule has 0 saturated carbocycles. The van der Waals surface area contributed by atoms with Crippen molar-refractivity contribution in [2.75, 3.05) is 6.54 Å². The number of rotatable bonds is 3. The third kappa shape index (κ3) is 2.30. The molecule has 3 heterocycles. The van der Waals surface area contributed by atoms with Crippen LogP contribution in [0.25, 0.3) is 11.3 Å². The highest BCUT2D eigenvalue weighted by Gasteiger charge is 2.18. The molecule has 5 nitrogen and oxygen atoms in total. The van der Waals surface area contributed by atoms with E-state index in [1.807, 2.05) is 24.9 Å². The SMILES string of the molecule is Cc1nn(C)c(C)c1-c1cnc(CC2CCCN2)[nH]1. The van der Waals surface area contributed by atoms with Gasteiger partial charge < -0.3 is 10.3 Å². The van der Waals surface area contributed by atoms with Crippen LogP contribution in [0.3, 0.4) is 0 Å². The van der Waals surface area contributed by atoms with Gasteiger partial charge in [-0.2, -0.15) is 5.10 Å². The van der Waals surface area contributed by atoms with Crippen molar-refractivity contribution in [3.8, 4) is 11.3 Å². The van der Waals surface area contributed by atoms with Crippen molar-refractivity contribution in [3.05, 3.63) is 23.4 Å². The molecule has 2 aromatic heterocycles. The summed E-state index contributed by atoms with van der Waals surface area (Å²) in [6, 6.07) is 0.579. The predicted molar refractivity (Wildman–Crippen MR) is 75.0 cm³/mol. The number of hydrogen-bond acceptors (Lipinski definition) is 3. The molecular formula is C14H21N5. The first-order valence-electron chi connectivity index (χ1n) is 6.93. The molecule has 0 bridgehead atoms. The van der Waals surface area contributed by atoms with Crippen LogP contribution in [0.5, 0.6) is 0 Å². The molecule has 2 N–H and O–H groups in total. The molecule has 1 saturated heterocycles. The number of H-pyrrole nitrogens is 1. The minimum absolute atomic E-state index is 0.579. The van der Waals surface area contributed by atoms with Crippen LogP contribution < -0.4 is 5.32 Å². The Labute approximate surface area is 113 Å². The molecule has 0 aliphatic carbocycles. The van der Waals surface area contributed by atoms with E-state index in [0.29, 0.717) is 6.04 Å². The lowest BCUT2D eigenvalue weighted by Gasteiger charge is -2.06. The summed E-state index contributed by atoms with van der Waals surface area (Å²) in [5.74, 6) is 1.07. The first-order chi connectivity index (χ1) is 9.15. The van der Waals surface area contributed by atoms with Crippen LogP contribution in [0.2, 0.25) is 0 Å². The fraction of sp³-hybridized carbons (Fsp3) is 0.571. The number of aromatic amines is 1. The molecule has 3 rings (SSSR count). The number of nitrogens with zero attached hydrogens (tertiary/aromatic N) is 3. The summed E-state index contributed by atoms with van der Waals surface area (Å²) >= 11 is 0. The quantitative estimate of drug-likeness (QED) is 0.882. The molecule has 1 aliphatic rings. The average Bonchev–Trinajstić information content (AvgIpc) is 3.05. The fourth-order valence-electron chi connectivity index (χ4n) is 2.92. The van der Waals surface area contributed by atoms with E-state index in [1.54, 1.807) is 0 Å². The number of imidazole rings is 1. The third-order valence-electron chi connectivity index (χ3n) is 4.01. The predicted octanol–water partition coefficient (Wildman–Crippen LogP) is 1.72. The van der Waals surface area contributed by atoms with Crippen molar-refractivity contribution in [1.29, 1.82) is 0 Å². The van der Waals surface area contributed by atoms with Gasteiger partial charge in [0.25, 0.3) is 0 Å². The molecule has 0 radical (unpaired) electrons. The Kier molecular flexibility index (Phi) is 3.14. The van der Waals surface area contributed by atoms with E-state index < -0.39 is 0 Å². The van der Waals surface area contributed by atoms with E-state index in [1.165, 1.54) is 24.1 Å². The topological polar surface area (TPSA) is 58.5 Å². The lowest BCUT2D eigenvalue weighted by Crippen LogP contribution is -2.24. The van der Waals surface area contributed by atoms with Gasteiger partial charge in [-0.05, 0) is 33.2 Å². The lowest BCUT2D eigenvalue weighted by atomic mass is 10.1. The van der Waals surface area contributed by atoms with Gasteiger partial charge in [-0.15, -0.1) is 0 Å². The molecule has 0 amide bonds. The summed E-state index contributed by atoms with van der Waals surface area (Å²) in [6.45, 7) is 5.27. The number of nitrogens with one attached hydrogen (secondary N) is 2. The van der Waals surface area contributed by atoms with E-state index in [4.69, 9.17) is 0 Å². The molecule has 102 valence electrons. The lowest BCUT2D eigenvalue weighted by molar-refractivity contribution is 0.589. The zero-order chi connectivity index (χ0) is 13.4. The van der Waals surface area contributed by atoms with Gasteiger partial charge in [0.15, 0.2) is 0 Å². The zero-order valence-electron chi connectivity index (χ0n) is 11.8. The first kappa shape index (κ1) is 12.4. The van der Waals surface area contributed by atoms with Gasteiger partial charge in [0.1, 0.15) is 5.82 Å². The maximum atomic E-state index is 4.51. The van der Waals surface area contributed by atoms with Crippen LogP contribution in [-0.4, -0.2) is 32.3 Å². The highest BCUT2D eigenvalue weighted by molar-refractivity contribution is 5.64. The number of aromatic nitrogens is 4. The minimum atomic E-state index is 0.579. The third-order valence-corrected chi connectivity index (χ3v) is 4.01. The Morgan fingerprint density at radius 2 is 2.26 bits per heavy atom. The van der Waals surface area contributed by atoms with E-state index in [2.05, 4.69) is 27.3 Å². The average molecular weight is 259 g/mol. The van der Waals surface area contributed by atoms with Crippen molar-refractivity contribution in [2.45, 2.75) is 39.2 Å². The second-order valence-corrected chi connectivity index (χ2v) is 5.41. The molecule has 1 aliphatic heterocycles. The molecule has 1 atom stereocenters. The minimum Gasteiger partial charge on any atom is -0.342 e. The van der Waals surface area contributed by atoms with Crippen LogP contribution in [0, 0.1) is 13.8 Å². The maximum absolute atomic E-state index is 4.51.